The average molecular weight is 977 g/mol. The number of aliphatic hydroxyl groups excluding tert-OH is 2. The van der Waals surface area contributed by atoms with Gasteiger partial charge in [-0.15, -0.1) is 0 Å². The summed E-state index contributed by atoms with van der Waals surface area (Å²) in [5, 5.41) is 43.5. The van der Waals surface area contributed by atoms with Crippen molar-refractivity contribution in [2.24, 2.45) is 5.73 Å². The van der Waals surface area contributed by atoms with Crippen LogP contribution in [0.4, 0.5) is 23.7 Å². The van der Waals surface area contributed by atoms with Gasteiger partial charge in [-0.1, -0.05) is 48.5 Å². The Morgan fingerprint density at radius 1 is 0.786 bits per heavy atom. The van der Waals surface area contributed by atoms with Crippen molar-refractivity contribution in [1.82, 2.24) is 40.8 Å². The van der Waals surface area contributed by atoms with Crippen molar-refractivity contribution in [3.8, 4) is 0 Å². The van der Waals surface area contributed by atoms with E-state index in [0.717, 1.165) is 44.2 Å². The van der Waals surface area contributed by atoms with E-state index in [1.165, 1.54) is 13.0 Å². The molecular weight excluding hydrogens is 930 g/mol. The first-order valence-corrected chi connectivity index (χ1v) is 21.2. The van der Waals surface area contributed by atoms with Crippen molar-refractivity contribution in [2.45, 2.75) is 68.6 Å². The number of para-hydroxylation sites is 2. The van der Waals surface area contributed by atoms with Crippen LogP contribution in [0, 0.1) is 0 Å². The molecule has 370 valence electrons. The molecule has 7 rings (SSSR count). The number of nitrogens with zero attached hydrogens (tertiary/aromatic N) is 1. The van der Waals surface area contributed by atoms with Gasteiger partial charge in [0.15, 0.2) is 12.0 Å². The average Bonchev–Trinajstić information content (AvgIpc) is 4.01. The third kappa shape index (κ3) is 12.9. The Hall–Kier alpha value is -8.13. The molecule has 0 radical (unpaired) electrons. The number of aromatic amines is 3. The fourth-order valence-electron chi connectivity index (χ4n) is 7.40. The van der Waals surface area contributed by atoms with E-state index in [1.807, 2.05) is 53.5 Å². The van der Waals surface area contributed by atoms with Crippen LogP contribution in [0.1, 0.15) is 34.6 Å². The second-order valence-corrected chi connectivity index (χ2v) is 15.9. The van der Waals surface area contributed by atoms with Crippen LogP contribution in [0.3, 0.4) is 0 Å². The predicted octanol–water partition coefficient (Wildman–Crippen LogP) is 0.675. The Morgan fingerprint density at radius 2 is 1.40 bits per heavy atom. The number of carboxylic acid groups (broad SMARTS) is 1. The third-order valence-electron chi connectivity index (χ3n) is 11.0. The van der Waals surface area contributed by atoms with Gasteiger partial charge in [0.2, 0.25) is 17.7 Å². The molecule has 13 N–H and O–H groups in total. The molecule has 1 saturated heterocycles. The SMILES string of the molecule is CC(=O)c1cccc(NC(=O)N[C@@H](Cc2c[nH]c3ccccc23)C(=O)N[C@@H](CNC(=O)[C@@H](N)Cc2c[nH]c3ccccc23)C(=O)NC[C@H]2O[C@@H](n3ccc(=O)[nH]c3=O)[C@H](O)[C@@H]2O)c1.O=C(O)C(F)(F)F. The number of nitrogens with one attached hydrogen (secondary N) is 8. The summed E-state index contributed by atoms with van der Waals surface area (Å²) in [6.45, 7) is 0.464. The number of aliphatic hydroxyl groups is 2. The Balaban J connectivity index is 0.00000107. The Labute approximate surface area is 392 Å². The fraction of sp³-hybridized carbons (Fsp3) is 0.289. The number of halogens is 3. The molecule has 22 nitrogen and oxygen atoms in total. The number of carbonyl (C=O) groups excluding carboxylic acids is 5. The summed E-state index contributed by atoms with van der Waals surface area (Å²) in [5.74, 6) is -5.30. The van der Waals surface area contributed by atoms with E-state index in [4.69, 9.17) is 20.4 Å². The van der Waals surface area contributed by atoms with E-state index >= 15 is 0 Å². The van der Waals surface area contributed by atoms with Crippen molar-refractivity contribution >= 4 is 63.0 Å². The first kappa shape index (κ1) is 51.3. The maximum Gasteiger partial charge on any atom is 0.490 e. The number of Topliss-reactive ketones (excluding diaryl/α,β-unsaturated/α-hetero) is 1. The Bertz CT molecular complexity index is 3010. The summed E-state index contributed by atoms with van der Waals surface area (Å²) in [4.78, 5) is 108. The number of carboxylic acids is 1. The summed E-state index contributed by atoms with van der Waals surface area (Å²) in [5.41, 5.74) is 8.44. The summed E-state index contributed by atoms with van der Waals surface area (Å²) in [7, 11) is 0. The van der Waals surface area contributed by atoms with Gasteiger partial charge in [-0.2, -0.15) is 13.2 Å². The molecule has 1 fully saturated rings. The van der Waals surface area contributed by atoms with Gasteiger partial charge in [-0.3, -0.25) is 33.5 Å². The van der Waals surface area contributed by atoms with Gasteiger partial charge in [0.1, 0.15) is 30.4 Å². The lowest BCUT2D eigenvalue weighted by Crippen LogP contribution is -2.59. The number of amides is 5. The van der Waals surface area contributed by atoms with Crippen molar-refractivity contribution < 1.29 is 62.0 Å². The highest BCUT2D eigenvalue weighted by Gasteiger charge is 2.44. The van der Waals surface area contributed by atoms with Crippen LogP contribution in [0.5, 0.6) is 0 Å². The summed E-state index contributed by atoms with van der Waals surface area (Å²) >= 11 is 0. The lowest BCUT2D eigenvalue weighted by Gasteiger charge is -2.25. The lowest BCUT2D eigenvalue weighted by molar-refractivity contribution is -0.192. The minimum absolute atomic E-state index is 0.0571. The van der Waals surface area contributed by atoms with Gasteiger partial charge in [0.05, 0.1) is 6.04 Å². The van der Waals surface area contributed by atoms with E-state index in [9.17, 15) is 56.9 Å². The zero-order valence-electron chi connectivity index (χ0n) is 36.8. The molecule has 0 bridgehead atoms. The number of aliphatic carboxylic acids is 1. The number of urea groups is 1. The summed E-state index contributed by atoms with van der Waals surface area (Å²) < 4.78 is 38.4. The maximum atomic E-state index is 14.3. The maximum absolute atomic E-state index is 14.3. The number of alkyl halides is 3. The molecular formula is C45H47F3N10O12. The number of ether oxygens (including phenoxy) is 1. The zero-order chi connectivity index (χ0) is 50.9. The fourth-order valence-corrected chi connectivity index (χ4v) is 7.40. The first-order valence-electron chi connectivity index (χ1n) is 21.2. The van der Waals surface area contributed by atoms with Gasteiger partial charge in [0, 0.05) is 77.2 Å². The molecule has 0 spiro atoms. The monoisotopic (exact) mass is 976 g/mol. The molecule has 1 aliphatic rings. The molecule has 0 unspecified atom stereocenters. The van der Waals surface area contributed by atoms with Gasteiger partial charge in [-0.05, 0) is 48.7 Å². The summed E-state index contributed by atoms with van der Waals surface area (Å²) in [6.07, 6.45) is -6.42. The minimum atomic E-state index is -5.08. The smallest absolute Gasteiger partial charge is 0.475 e. The van der Waals surface area contributed by atoms with Crippen molar-refractivity contribution in [1.29, 1.82) is 0 Å². The minimum Gasteiger partial charge on any atom is -0.475 e. The Morgan fingerprint density at radius 3 is 2.00 bits per heavy atom. The molecule has 4 heterocycles. The number of benzene rings is 3. The number of ketones is 1. The van der Waals surface area contributed by atoms with Gasteiger partial charge >= 0.3 is 23.9 Å². The highest BCUT2D eigenvalue weighted by molar-refractivity contribution is 5.99. The number of fused-ring (bicyclic) bond motifs is 2. The van der Waals surface area contributed by atoms with Crippen LogP contribution in [-0.2, 0) is 36.8 Å². The largest absolute Gasteiger partial charge is 0.490 e. The van der Waals surface area contributed by atoms with Crippen LogP contribution >= 0.6 is 0 Å². The highest BCUT2D eigenvalue weighted by Crippen LogP contribution is 2.28. The zero-order valence-corrected chi connectivity index (χ0v) is 36.8. The van der Waals surface area contributed by atoms with E-state index in [-0.39, 0.29) is 24.3 Å². The van der Waals surface area contributed by atoms with Crippen molar-refractivity contribution in [3.05, 3.63) is 135 Å². The standard InChI is InChI=1S/C43H46N10O10.C2HF3O2/c1-22(54)23-7-6-8-26(15-23)49-42(61)51-32(17-25-19-46-31-12-5-3-10-28(25)31)40(60)50-33(20-47-38(58)29(44)16-24-18-45-30-11-4-2-9-27(24)30)39(59)48-21-34-36(56)37(57)41(63-34)53-14-13-35(55)52-43(53)62;3-2(4,5)1(6)7/h2-15,18-19,29,32-34,36-37,41,45-46,56-57H,16-17,20-21,44H2,1H3,(H,47,58)(H,48,59)(H,50,60)(H2,49,51,61)(H,52,55,62);(H,6,7)/t29-,32-,33-,34+,36+,37+,41+;/m0./s1. The van der Waals surface area contributed by atoms with E-state index < -0.39 is 103 Å². The topological polar surface area (TPSA) is 345 Å². The van der Waals surface area contributed by atoms with Gasteiger partial charge < -0.3 is 62.3 Å². The number of hydrogen-bond acceptors (Lipinski definition) is 12. The molecule has 3 aromatic heterocycles. The molecule has 7 atom stereocenters. The quantitative estimate of drug-likeness (QED) is 0.0595. The molecule has 3 aromatic carbocycles. The number of anilines is 1. The molecule has 0 aliphatic carbocycles. The van der Waals surface area contributed by atoms with Crippen molar-refractivity contribution in [2.75, 3.05) is 18.4 Å². The molecule has 6 aromatic rings. The first-order chi connectivity index (χ1) is 33.2. The van der Waals surface area contributed by atoms with Crippen LogP contribution in [0.2, 0.25) is 0 Å². The van der Waals surface area contributed by atoms with E-state index in [0.29, 0.717) is 11.1 Å². The summed E-state index contributed by atoms with van der Waals surface area (Å²) in [6, 6.07) is 17.4. The van der Waals surface area contributed by atoms with E-state index in [1.54, 1.807) is 30.6 Å². The predicted molar refractivity (Wildman–Crippen MR) is 243 cm³/mol. The molecule has 70 heavy (non-hydrogen) atoms. The van der Waals surface area contributed by atoms with E-state index in [2.05, 4.69) is 36.6 Å². The molecule has 1 aliphatic heterocycles. The van der Waals surface area contributed by atoms with Crippen LogP contribution in [0.25, 0.3) is 21.8 Å². The molecule has 0 saturated carbocycles. The van der Waals surface area contributed by atoms with Gasteiger partial charge in [-0.25, -0.2) is 14.4 Å². The normalized spacial score (nSPS) is 17.9. The number of H-pyrrole nitrogens is 3. The molecule has 5 amide bonds. The second kappa shape index (κ2) is 22.3. The number of aromatic nitrogens is 4. The number of rotatable bonds is 16. The van der Waals surface area contributed by atoms with Crippen molar-refractivity contribution in [3.63, 3.8) is 0 Å². The lowest BCUT2D eigenvalue weighted by atomic mass is 10.0. The molecule has 25 heteroatoms. The number of nitrogens with two attached hydrogens (primary N) is 1. The number of carbonyl (C=O) groups is 6. The van der Waals surface area contributed by atoms with Crippen LogP contribution in [0.15, 0.2) is 107 Å². The van der Waals surface area contributed by atoms with Gasteiger partial charge in [0.25, 0.3) is 5.56 Å². The highest BCUT2D eigenvalue weighted by atomic mass is 19.4. The number of hydrogen-bond donors (Lipinski definition) is 12. The second-order valence-electron chi connectivity index (χ2n) is 15.9. The van der Waals surface area contributed by atoms with Crippen LogP contribution in [-0.4, -0.2) is 126 Å². The van der Waals surface area contributed by atoms with Crippen LogP contribution < -0.4 is 43.6 Å². The Kier molecular flexibility index (Phi) is 16.3. The third-order valence-corrected chi connectivity index (χ3v) is 11.0.